The zero-order valence-electron chi connectivity index (χ0n) is 36.3. The summed E-state index contributed by atoms with van der Waals surface area (Å²) in [5.41, 5.74) is 15.6. The third-order valence-electron chi connectivity index (χ3n) is 13.8. The molecule has 296 valence electrons. The number of hydrogen-bond acceptors (Lipinski definition) is 0. The summed E-state index contributed by atoms with van der Waals surface area (Å²) in [6.45, 7) is 14.0. The maximum Gasteiger partial charge on any atom is -0.000719 e. The lowest BCUT2D eigenvalue weighted by Crippen LogP contribution is -2.16. The van der Waals surface area contributed by atoms with Gasteiger partial charge in [0.15, 0.2) is 0 Å². The minimum absolute atomic E-state index is 0.00646. The van der Waals surface area contributed by atoms with Crippen molar-refractivity contribution in [1.29, 1.82) is 0 Å². The average Bonchev–Trinajstić information content (AvgIpc) is 3.61. The molecule has 62 heavy (non-hydrogen) atoms. The molecule has 0 aliphatic heterocycles. The van der Waals surface area contributed by atoms with Crippen molar-refractivity contribution in [2.24, 2.45) is 0 Å². The van der Waals surface area contributed by atoms with Gasteiger partial charge in [0.05, 0.1) is 0 Å². The van der Waals surface area contributed by atoms with E-state index in [1.165, 1.54) is 131 Å². The molecule has 12 rings (SSSR count). The quantitative estimate of drug-likeness (QED) is 0.156. The van der Waals surface area contributed by atoms with Gasteiger partial charge in [-0.3, -0.25) is 0 Å². The lowest BCUT2D eigenvalue weighted by molar-refractivity contribution is 0.569. The van der Waals surface area contributed by atoms with Crippen molar-refractivity contribution in [2.45, 2.75) is 52.4 Å². The topological polar surface area (TPSA) is 0 Å². The molecule has 0 bridgehead atoms. The monoisotopic (exact) mass is 792 g/mol. The molecule has 0 fully saturated rings. The van der Waals surface area contributed by atoms with Gasteiger partial charge in [0.25, 0.3) is 0 Å². The first-order valence-corrected chi connectivity index (χ1v) is 22.2. The lowest BCUT2D eigenvalue weighted by atomic mass is 9.78. The van der Waals surface area contributed by atoms with E-state index in [1.807, 2.05) is 0 Å². The summed E-state index contributed by atoms with van der Waals surface area (Å²) in [5, 5.41) is 15.4. The van der Waals surface area contributed by atoms with Gasteiger partial charge in [0.2, 0.25) is 0 Å². The smallest absolute Gasteiger partial charge is 0.000719 e. The summed E-state index contributed by atoms with van der Waals surface area (Å²) in [4.78, 5) is 0. The summed E-state index contributed by atoms with van der Waals surface area (Å²) < 4.78 is 0. The fraction of sp³-hybridized carbons (Fsp3) is 0.129. The molecule has 0 unspecified atom stereocenters. The number of rotatable bonds is 3. The van der Waals surface area contributed by atoms with Crippen LogP contribution in [-0.2, 0) is 10.8 Å². The molecule has 0 aromatic heterocycles. The van der Waals surface area contributed by atoms with Crippen molar-refractivity contribution in [1.82, 2.24) is 0 Å². The molecule has 0 heterocycles. The van der Waals surface area contributed by atoms with E-state index in [9.17, 15) is 0 Å². The first-order valence-electron chi connectivity index (χ1n) is 22.2. The summed E-state index contributed by atoms with van der Waals surface area (Å²) in [7, 11) is 0. The van der Waals surface area contributed by atoms with E-state index < -0.39 is 0 Å². The van der Waals surface area contributed by atoms with E-state index in [0.717, 1.165) is 0 Å². The van der Waals surface area contributed by atoms with Crippen LogP contribution in [0.5, 0.6) is 0 Å². The van der Waals surface area contributed by atoms with Crippen LogP contribution in [0, 0.1) is 0 Å². The highest BCUT2D eigenvalue weighted by Gasteiger charge is 2.32. The van der Waals surface area contributed by atoms with Gasteiger partial charge in [0.1, 0.15) is 0 Å². The highest BCUT2D eigenvalue weighted by Crippen LogP contribution is 2.59. The van der Waals surface area contributed by atoms with Crippen molar-refractivity contribution >= 4 is 64.6 Å². The van der Waals surface area contributed by atoms with Gasteiger partial charge in [0, 0.05) is 0 Å². The Labute approximate surface area is 364 Å². The molecule has 0 saturated heterocycles. The van der Waals surface area contributed by atoms with E-state index in [0.29, 0.717) is 0 Å². The average molecular weight is 793 g/mol. The van der Waals surface area contributed by atoms with Crippen LogP contribution in [0.3, 0.4) is 0 Å². The molecule has 0 N–H and O–H groups in total. The van der Waals surface area contributed by atoms with Gasteiger partial charge < -0.3 is 0 Å². The highest BCUT2D eigenvalue weighted by molar-refractivity contribution is 6.33. The highest BCUT2D eigenvalue weighted by atomic mass is 14.3. The Bertz CT molecular complexity index is 3660. The first kappa shape index (κ1) is 36.8. The van der Waals surface area contributed by atoms with Crippen LogP contribution in [0.25, 0.3) is 120 Å². The van der Waals surface area contributed by atoms with E-state index in [-0.39, 0.29) is 10.8 Å². The van der Waals surface area contributed by atoms with Gasteiger partial charge in [-0.15, -0.1) is 0 Å². The second-order valence-electron chi connectivity index (χ2n) is 19.7. The summed E-state index contributed by atoms with van der Waals surface area (Å²) >= 11 is 0. The predicted octanol–water partition coefficient (Wildman–Crippen LogP) is 17.8. The van der Waals surface area contributed by atoms with Crippen LogP contribution in [0.4, 0.5) is 0 Å². The van der Waals surface area contributed by atoms with Gasteiger partial charge in [-0.25, -0.2) is 0 Å². The minimum atomic E-state index is 0.00646. The van der Waals surface area contributed by atoms with E-state index in [4.69, 9.17) is 0 Å². The van der Waals surface area contributed by atoms with Crippen LogP contribution in [0.1, 0.15) is 52.7 Å². The second-order valence-corrected chi connectivity index (χ2v) is 19.7. The van der Waals surface area contributed by atoms with Gasteiger partial charge in [-0.2, -0.15) is 0 Å². The largest absolute Gasteiger partial charge is 0.0616 e. The summed E-state index contributed by atoms with van der Waals surface area (Å²) in [6, 6.07) is 69.5. The number of fused-ring (bicyclic) bond motifs is 10. The fourth-order valence-corrected chi connectivity index (χ4v) is 10.5. The Kier molecular flexibility index (Phi) is 7.86. The van der Waals surface area contributed by atoms with Crippen molar-refractivity contribution in [3.8, 4) is 55.6 Å². The van der Waals surface area contributed by atoms with Crippen molar-refractivity contribution in [2.75, 3.05) is 0 Å². The fourth-order valence-electron chi connectivity index (χ4n) is 10.5. The molecule has 0 radical (unpaired) electrons. The van der Waals surface area contributed by atoms with Crippen LogP contribution in [0.2, 0.25) is 0 Å². The molecule has 1 aliphatic carbocycles. The second kappa shape index (κ2) is 13.2. The molecule has 0 atom stereocenters. The Hall–Kier alpha value is -7.02. The standard InChI is InChI=1S/C62H48/c1-61(2,3)46-32-45(33-47(35-46)62(4,5)6)42-27-29-51-54(34-42)57(44-25-23-38-15-8-10-18-41(38)31-44)59-52-21-13-20-50-49-28-26-39-16-11-12-19-48(39)53(49)36-55(58(50)52)60(59)56(51)43-24-22-37-14-7-9-17-40(37)30-43/h7-36H,1-6H3. The summed E-state index contributed by atoms with van der Waals surface area (Å²) in [5.74, 6) is 0. The lowest BCUT2D eigenvalue weighted by Gasteiger charge is -2.26. The maximum absolute atomic E-state index is 2.52. The van der Waals surface area contributed by atoms with Crippen molar-refractivity contribution < 1.29 is 0 Å². The summed E-state index contributed by atoms with van der Waals surface area (Å²) in [6.07, 6.45) is 0. The van der Waals surface area contributed by atoms with Crippen LogP contribution in [0.15, 0.2) is 182 Å². The van der Waals surface area contributed by atoms with E-state index >= 15 is 0 Å². The molecule has 1 aliphatic rings. The van der Waals surface area contributed by atoms with E-state index in [1.54, 1.807) is 0 Å². The normalized spacial score (nSPS) is 12.7. The van der Waals surface area contributed by atoms with Crippen LogP contribution in [-0.4, -0.2) is 0 Å². The predicted molar refractivity (Wildman–Crippen MR) is 270 cm³/mol. The Balaban J connectivity index is 1.28. The molecule has 0 saturated carbocycles. The van der Waals surface area contributed by atoms with Gasteiger partial charge >= 0.3 is 0 Å². The SMILES string of the molecule is CC(C)(C)c1cc(-c2ccc3c(-c4ccc5ccccc5c4)c4c(c(-c5ccc6ccccc6c5)c3c2)-c2cccc3c2c-4cc2c4ccccc4ccc32)cc(C(C)(C)C)c1. The molecule has 0 nitrogen and oxygen atoms in total. The van der Waals surface area contributed by atoms with Crippen molar-refractivity contribution in [3.05, 3.63) is 193 Å². The zero-order valence-corrected chi connectivity index (χ0v) is 36.3. The molecule has 0 heteroatoms. The Morgan fingerprint density at radius 2 is 0.774 bits per heavy atom. The first-order chi connectivity index (χ1) is 30.0. The van der Waals surface area contributed by atoms with Gasteiger partial charge in [-0.05, 0) is 166 Å². The molecule has 0 amide bonds. The van der Waals surface area contributed by atoms with Gasteiger partial charge in [-0.1, -0.05) is 199 Å². The molecular formula is C62H48. The van der Waals surface area contributed by atoms with E-state index in [2.05, 4.69) is 224 Å². The molecule has 11 aromatic rings. The number of hydrogen-bond donors (Lipinski definition) is 0. The maximum atomic E-state index is 2.52. The Morgan fingerprint density at radius 1 is 0.258 bits per heavy atom. The van der Waals surface area contributed by atoms with Crippen LogP contribution >= 0.6 is 0 Å². The third kappa shape index (κ3) is 5.59. The molecule has 11 aromatic carbocycles. The Morgan fingerprint density at radius 3 is 1.42 bits per heavy atom. The number of benzene rings is 11. The van der Waals surface area contributed by atoms with Crippen LogP contribution < -0.4 is 0 Å². The third-order valence-corrected chi connectivity index (χ3v) is 13.8. The molecular weight excluding hydrogens is 745 g/mol. The van der Waals surface area contributed by atoms with Crippen molar-refractivity contribution in [3.63, 3.8) is 0 Å². The molecule has 0 spiro atoms. The zero-order chi connectivity index (χ0) is 42.1. The minimum Gasteiger partial charge on any atom is -0.0616 e.